The summed E-state index contributed by atoms with van der Waals surface area (Å²) in [6.45, 7) is 1.62. The fourth-order valence-corrected chi connectivity index (χ4v) is 5.37. The molecule has 2 N–H and O–H groups in total. The van der Waals surface area contributed by atoms with E-state index in [1.165, 1.54) is 4.57 Å². The molecule has 0 bridgehead atoms. The number of piperidine rings is 1. The number of fused-ring (bicyclic) bond motifs is 3. The summed E-state index contributed by atoms with van der Waals surface area (Å²) < 4.78 is 62.6. The van der Waals surface area contributed by atoms with E-state index >= 15 is 4.39 Å². The van der Waals surface area contributed by atoms with Crippen LogP contribution >= 0.6 is 27.5 Å². The van der Waals surface area contributed by atoms with E-state index in [4.69, 9.17) is 16.3 Å². The lowest BCUT2D eigenvalue weighted by molar-refractivity contribution is -0.137. The van der Waals surface area contributed by atoms with E-state index in [-0.39, 0.29) is 45.4 Å². The molecule has 2 aliphatic heterocycles. The molecule has 3 aromatic rings. The van der Waals surface area contributed by atoms with E-state index in [0.29, 0.717) is 12.6 Å². The van der Waals surface area contributed by atoms with Crippen molar-refractivity contribution < 1.29 is 27.1 Å². The van der Waals surface area contributed by atoms with Gasteiger partial charge in [0, 0.05) is 6.54 Å². The van der Waals surface area contributed by atoms with Crippen molar-refractivity contribution in [1.82, 2.24) is 24.5 Å². The van der Waals surface area contributed by atoms with Crippen molar-refractivity contribution in [2.24, 2.45) is 0 Å². The normalized spacial score (nSPS) is 23.9. The molecule has 0 radical (unpaired) electrons. The molecule has 5 rings (SSSR count). The molecular weight excluding hydrogens is 576 g/mol. The van der Waals surface area contributed by atoms with Crippen molar-refractivity contribution >= 4 is 44.9 Å². The second-order valence-corrected chi connectivity index (χ2v) is 9.67. The number of benzene rings is 1. The number of amides is 1. The number of carbonyl (C=O) groups excluding carboxylic acids is 1. The number of ether oxygens (including phenoxy) is 1. The number of anilines is 1. The number of alkyl halides is 4. The number of hydrogen-bond acceptors (Lipinski definition) is 6. The van der Waals surface area contributed by atoms with Crippen molar-refractivity contribution in [2.75, 3.05) is 18.4 Å². The van der Waals surface area contributed by atoms with E-state index < -0.39 is 47.6 Å². The molecule has 4 heterocycles. The van der Waals surface area contributed by atoms with Crippen LogP contribution in [0, 0.1) is 0 Å². The first-order valence-corrected chi connectivity index (χ1v) is 12.0. The van der Waals surface area contributed by atoms with Crippen LogP contribution in [0.15, 0.2) is 27.7 Å². The minimum atomic E-state index is -4.59. The van der Waals surface area contributed by atoms with E-state index in [0.717, 1.165) is 16.6 Å². The van der Waals surface area contributed by atoms with Gasteiger partial charge in [-0.2, -0.15) is 22.7 Å². The lowest BCUT2D eigenvalue weighted by atomic mass is 9.84. The molecule has 192 valence electrons. The molecular formula is C21H18BrClF4N6O3. The zero-order valence-corrected chi connectivity index (χ0v) is 20.8. The average molecular weight is 594 g/mol. The van der Waals surface area contributed by atoms with Gasteiger partial charge in [0.05, 0.1) is 33.6 Å². The Bertz CT molecular complexity index is 1440. The molecule has 1 fully saturated rings. The van der Waals surface area contributed by atoms with Crippen LogP contribution in [0.25, 0.3) is 5.78 Å². The molecule has 0 aliphatic carbocycles. The first-order chi connectivity index (χ1) is 16.9. The van der Waals surface area contributed by atoms with Crippen LogP contribution in [-0.4, -0.2) is 44.3 Å². The Kier molecular flexibility index (Phi) is 6.13. The van der Waals surface area contributed by atoms with Crippen molar-refractivity contribution in [3.8, 4) is 0 Å². The third-order valence-corrected chi connectivity index (χ3v) is 6.98. The Morgan fingerprint density at radius 1 is 1.42 bits per heavy atom. The molecule has 3 atom stereocenters. The minimum Gasteiger partial charge on any atom is -0.358 e. The van der Waals surface area contributed by atoms with E-state index in [1.54, 1.807) is 6.92 Å². The van der Waals surface area contributed by atoms with Crippen LogP contribution in [-0.2, 0) is 27.9 Å². The van der Waals surface area contributed by atoms with Gasteiger partial charge in [0.1, 0.15) is 18.3 Å². The van der Waals surface area contributed by atoms with E-state index in [9.17, 15) is 22.8 Å². The van der Waals surface area contributed by atoms with Gasteiger partial charge in [-0.3, -0.25) is 9.59 Å². The number of aromatic nitrogens is 4. The number of nitrogens with zero attached hydrogens (tertiary/aromatic N) is 4. The number of carbonyl (C=O) groups is 1. The van der Waals surface area contributed by atoms with Crippen molar-refractivity contribution in [1.29, 1.82) is 0 Å². The molecule has 1 saturated heterocycles. The summed E-state index contributed by atoms with van der Waals surface area (Å²) >= 11 is 9.10. The van der Waals surface area contributed by atoms with Crippen LogP contribution in [0.3, 0.4) is 0 Å². The Hall–Kier alpha value is -2.55. The van der Waals surface area contributed by atoms with Gasteiger partial charge < -0.3 is 19.9 Å². The van der Waals surface area contributed by atoms with E-state index in [2.05, 4.69) is 36.6 Å². The third-order valence-electron chi connectivity index (χ3n) is 6.33. The zero-order valence-electron chi connectivity index (χ0n) is 18.5. The molecule has 36 heavy (non-hydrogen) atoms. The Balaban J connectivity index is 1.57. The quantitative estimate of drug-likeness (QED) is 0.450. The Morgan fingerprint density at radius 2 is 2.17 bits per heavy atom. The maximum Gasteiger partial charge on any atom is 0.416 e. The molecule has 0 saturated carbocycles. The van der Waals surface area contributed by atoms with Gasteiger partial charge in [-0.15, -0.1) is 5.10 Å². The largest absolute Gasteiger partial charge is 0.416 e. The third kappa shape index (κ3) is 3.99. The molecule has 15 heteroatoms. The monoisotopic (exact) mass is 592 g/mol. The average Bonchev–Trinajstić information content (AvgIpc) is 3.32. The zero-order chi connectivity index (χ0) is 26.0. The summed E-state index contributed by atoms with van der Waals surface area (Å²) in [7, 11) is 0. The van der Waals surface area contributed by atoms with Gasteiger partial charge in [0.15, 0.2) is 0 Å². The highest BCUT2D eigenvalue weighted by atomic mass is 79.9. The topological polar surface area (TPSA) is 103 Å². The van der Waals surface area contributed by atoms with Gasteiger partial charge in [0.2, 0.25) is 16.4 Å². The number of rotatable bonds is 3. The highest BCUT2D eigenvalue weighted by molar-refractivity contribution is 9.10. The summed E-state index contributed by atoms with van der Waals surface area (Å²) in [6, 6.07) is 2.55. The van der Waals surface area contributed by atoms with Crippen molar-refractivity contribution in [3.05, 3.63) is 55.1 Å². The van der Waals surface area contributed by atoms with Crippen LogP contribution in [0.4, 0.5) is 23.2 Å². The number of halogens is 6. The van der Waals surface area contributed by atoms with Crippen molar-refractivity contribution in [3.63, 3.8) is 0 Å². The fourth-order valence-electron chi connectivity index (χ4n) is 4.82. The Labute approximate surface area is 213 Å². The van der Waals surface area contributed by atoms with Gasteiger partial charge in [0.25, 0.3) is 5.56 Å². The SMILES string of the molecule is CC1OC2(CCNCC2F)c2c1n(CC(=O)Nc1ccc(C(F)(F)F)cc1Cl)c1nc(Br)nn1c2=O. The molecule has 2 aromatic heterocycles. The minimum absolute atomic E-state index is 0.0103. The summed E-state index contributed by atoms with van der Waals surface area (Å²) in [6.07, 6.45) is -6.69. The highest BCUT2D eigenvalue weighted by Gasteiger charge is 2.54. The van der Waals surface area contributed by atoms with E-state index in [1.807, 2.05) is 0 Å². The molecule has 2 aliphatic rings. The number of hydrogen-bond donors (Lipinski definition) is 2. The first kappa shape index (κ1) is 25.1. The van der Waals surface area contributed by atoms with Crippen LogP contribution in [0.1, 0.15) is 36.3 Å². The standard InChI is InChI=1S/C21H18BrClF4N6O3/c1-9-16-15(20(36-9)4-5-28-7-13(20)24)17(35)33-19(30-18(22)31-33)32(16)8-14(34)29-12-3-2-10(6-11(12)23)21(25,26)27/h2-3,6,9,13,28H,4-5,7-8H2,1H3,(H,29,34). The maximum atomic E-state index is 15.3. The van der Waals surface area contributed by atoms with Gasteiger partial charge in [-0.1, -0.05) is 11.6 Å². The first-order valence-electron chi connectivity index (χ1n) is 10.8. The lowest BCUT2D eigenvalue weighted by Crippen LogP contribution is -2.52. The summed E-state index contributed by atoms with van der Waals surface area (Å²) in [5.41, 5.74) is -2.76. The summed E-state index contributed by atoms with van der Waals surface area (Å²) in [4.78, 5) is 30.6. The molecule has 1 amide bonds. The summed E-state index contributed by atoms with van der Waals surface area (Å²) in [5, 5.41) is 9.16. The second-order valence-electron chi connectivity index (χ2n) is 8.56. The molecule has 3 unspecified atom stereocenters. The maximum absolute atomic E-state index is 15.3. The van der Waals surface area contributed by atoms with Gasteiger partial charge >= 0.3 is 6.18 Å². The molecule has 9 nitrogen and oxygen atoms in total. The van der Waals surface area contributed by atoms with Gasteiger partial charge in [-0.25, -0.2) is 4.39 Å². The molecule has 1 spiro atoms. The lowest BCUT2D eigenvalue weighted by Gasteiger charge is -2.36. The smallest absolute Gasteiger partial charge is 0.358 e. The Morgan fingerprint density at radius 3 is 2.83 bits per heavy atom. The molecule has 1 aromatic carbocycles. The highest BCUT2D eigenvalue weighted by Crippen LogP contribution is 2.48. The summed E-state index contributed by atoms with van der Waals surface area (Å²) in [5.74, 6) is -0.657. The van der Waals surface area contributed by atoms with Gasteiger partial charge in [-0.05, 0) is 54.0 Å². The fraction of sp³-hybridized carbons (Fsp3) is 0.429. The van der Waals surface area contributed by atoms with Crippen LogP contribution in [0.2, 0.25) is 5.02 Å². The van der Waals surface area contributed by atoms with Crippen LogP contribution in [0.5, 0.6) is 0 Å². The predicted octanol–water partition coefficient (Wildman–Crippen LogP) is 3.58. The van der Waals surface area contributed by atoms with Crippen LogP contribution < -0.4 is 16.2 Å². The number of nitrogens with one attached hydrogen (secondary N) is 2. The second kappa shape index (κ2) is 8.78. The van der Waals surface area contributed by atoms with Crippen molar-refractivity contribution in [2.45, 2.75) is 43.9 Å². The predicted molar refractivity (Wildman–Crippen MR) is 124 cm³/mol.